The van der Waals surface area contributed by atoms with E-state index in [9.17, 15) is 9.59 Å². The largest absolute Gasteiger partial charge is 0.399 e. The van der Waals surface area contributed by atoms with E-state index < -0.39 is 5.78 Å². The van der Waals surface area contributed by atoms with E-state index >= 15 is 0 Å². The van der Waals surface area contributed by atoms with Crippen LogP contribution in [0.15, 0.2) is 23.1 Å². The molecule has 2 N–H and O–H groups in total. The van der Waals surface area contributed by atoms with Gasteiger partial charge >= 0.3 is 0 Å². The first-order chi connectivity index (χ1) is 10.2. The molecule has 0 spiro atoms. The number of aryl methyl sites for hydroxylation is 1. The van der Waals surface area contributed by atoms with Gasteiger partial charge in [-0.3, -0.25) is 9.59 Å². The molecule has 2 aromatic rings. The highest BCUT2D eigenvalue weighted by Gasteiger charge is 2.21. The van der Waals surface area contributed by atoms with Crippen molar-refractivity contribution in [3.8, 4) is 0 Å². The van der Waals surface area contributed by atoms with Crippen LogP contribution >= 0.6 is 23.2 Å². The average molecular weight is 340 g/mol. The van der Waals surface area contributed by atoms with Gasteiger partial charge in [0, 0.05) is 17.9 Å². The number of benzene rings is 1. The van der Waals surface area contributed by atoms with Crippen molar-refractivity contribution in [3.05, 3.63) is 55.7 Å². The van der Waals surface area contributed by atoms with Crippen LogP contribution in [0.1, 0.15) is 41.6 Å². The summed E-state index contributed by atoms with van der Waals surface area (Å²) in [6.45, 7) is 5.25. The minimum absolute atomic E-state index is 0.0990. The zero-order valence-corrected chi connectivity index (χ0v) is 13.9. The topological polar surface area (TPSA) is 78.0 Å². The Morgan fingerprint density at radius 3 is 2.32 bits per heavy atom. The fourth-order valence-electron chi connectivity index (χ4n) is 2.07. The van der Waals surface area contributed by atoms with Gasteiger partial charge in [-0.05, 0) is 32.9 Å². The lowest BCUT2D eigenvalue weighted by atomic mass is 10.1. The predicted molar refractivity (Wildman–Crippen MR) is 87.9 cm³/mol. The molecule has 0 saturated carbocycles. The number of nitrogen functional groups attached to an aromatic ring is 1. The van der Waals surface area contributed by atoms with Crippen LogP contribution in [0, 0.1) is 6.92 Å². The normalized spacial score (nSPS) is 11.0. The number of rotatable bonds is 3. The number of halogens is 2. The zero-order chi connectivity index (χ0) is 16.6. The summed E-state index contributed by atoms with van der Waals surface area (Å²) in [5.74, 6) is -0.451. The average Bonchev–Trinajstić information content (AvgIpc) is 2.39. The van der Waals surface area contributed by atoms with Crippen LogP contribution in [0.4, 0.5) is 5.69 Å². The Morgan fingerprint density at radius 2 is 1.82 bits per heavy atom. The van der Waals surface area contributed by atoms with Crippen LogP contribution in [0.5, 0.6) is 0 Å². The Bertz CT molecular complexity index is 790. The van der Waals surface area contributed by atoms with E-state index in [0.29, 0.717) is 5.69 Å². The van der Waals surface area contributed by atoms with E-state index in [0.717, 1.165) is 0 Å². The quantitative estimate of drug-likeness (QED) is 0.687. The molecular weight excluding hydrogens is 325 g/mol. The number of ketones is 1. The summed E-state index contributed by atoms with van der Waals surface area (Å²) in [4.78, 5) is 28.7. The third-order valence-corrected chi connectivity index (χ3v) is 3.77. The number of nitrogens with two attached hydrogens (primary N) is 1. The van der Waals surface area contributed by atoms with Crippen molar-refractivity contribution in [2.75, 3.05) is 5.73 Å². The second-order valence-electron chi connectivity index (χ2n) is 5.21. The molecule has 0 aliphatic carbocycles. The van der Waals surface area contributed by atoms with Crippen LogP contribution in [0.25, 0.3) is 0 Å². The summed E-state index contributed by atoms with van der Waals surface area (Å²) in [6.07, 6.45) is 1.42. The number of aromatic nitrogens is 2. The first-order valence-corrected chi connectivity index (χ1v) is 7.37. The van der Waals surface area contributed by atoms with Crippen molar-refractivity contribution in [1.29, 1.82) is 0 Å². The Balaban J connectivity index is 2.63. The molecule has 0 aliphatic heterocycles. The van der Waals surface area contributed by atoms with Gasteiger partial charge in [-0.1, -0.05) is 23.2 Å². The number of carbonyl (C=O) groups is 1. The molecule has 5 nitrogen and oxygen atoms in total. The molecule has 0 unspecified atom stereocenters. The van der Waals surface area contributed by atoms with Crippen molar-refractivity contribution in [3.63, 3.8) is 0 Å². The highest BCUT2D eigenvalue weighted by atomic mass is 35.5. The maximum atomic E-state index is 12.7. The summed E-state index contributed by atoms with van der Waals surface area (Å²) in [5.41, 5.74) is 6.23. The van der Waals surface area contributed by atoms with E-state index in [1.54, 1.807) is 6.92 Å². The first-order valence-electron chi connectivity index (χ1n) is 6.61. The van der Waals surface area contributed by atoms with E-state index in [1.807, 2.05) is 13.8 Å². The highest BCUT2D eigenvalue weighted by Crippen LogP contribution is 2.29. The lowest BCUT2D eigenvalue weighted by molar-refractivity contribution is 0.103. The van der Waals surface area contributed by atoms with Crippen molar-refractivity contribution in [2.45, 2.75) is 26.8 Å². The molecule has 0 fully saturated rings. The molecule has 2 rings (SSSR count). The van der Waals surface area contributed by atoms with Crippen LogP contribution < -0.4 is 11.3 Å². The molecule has 1 aromatic heterocycles. The highest BCUT2D eigenvalue weighted by molar-refractivity contribution is 6.41. The van der Waals surface area contributed by atoms with Gasteiger partial charge in [0.1, 0.15) is 11.4 Å². The second kappa shape index (κ2) is 6.10. The lowest BCUT2D eigenvalue weighted by Crippen LogP contribution is -2.27. The van der Waals surface area contributed by atoms with E-state index in [1.165, 1.54) is 22.9 Å². The molecule has 0 atom stereocenters. The monoisotopic (exact) mass is 339 g/mol. The van der Waals surface area contributed by atoms with Gasteiger partial charge in [0.05, 0.1) is 15.6 Å². The summed E-state index contributed by atoms with van der Waals surface area (Å²) >= 11 is 12.1. The third-order valence-electron chi connectivity index (χ3n) is 3.17. The number of hydrogen-bond donors (Lipinski definition) is 1. The molecular formula is C15H15Cl2N3O2. The summed E-state index contributed by atoms with van der Waals surface area (Å²) in [6, 6.07) is 2.80. The fourth-order valence-corrected chi connectivity index (χ4v) is 2.74. The van der Waals surface area contributed by atoms with Crippen molar-refractivity contribution >= 4 is 34.7 Å². The SMILES string of the molecule is Cc1nc(C(=O)c2c(Cl)cc(N)cc2Cl)cn(C(C)C)c1=O. The van der Waals surface area contributed by atoms with Gasteiger partial charge < -0.3 is 10.3 Å². The zero-order valence-electron chi connectivity index (χ0n) is 12.4. The predicted octanol–water partition coefficient (Wildman–Crippen LogP) is 3.25. The van der Waals surface area contributed by atoms with Gasteiger partial charge in [-0.25, -0.2) is 4.98 Å². The minimum atomic E-state index is -0.451. The fraction of sp³-hybridized carbons (Fsp3) is 0.267. The minimum Gasteiger partial charge on any atom is -0.399 e. The molecule has 0 bridgehead atoms. The van der Waals surface area contributed by atoms with E-state index in [-0.39, 0.29) is 38.6 Å². The van der Waals surface area contributed by atoms with Crippen molar-refractivity contribution < 1.29 is 4.79 Å². The molecule has 1 heterocycles. The van der Waals surface area contributed by atoms with Gasteiger partial charge in [0.25, 0.3) is 5.56 Å². The van der Waals surface area contributed by atoms with Crippen LogP contribution in [0.3, 0.4) is 0 Å². The molecule has 22 heavy (non-hydrogen) atoms. The smallest absolute Gasteiger partial charge is 0.272 e. The van der Waals surface area contributed by atoms with Gasteiger partial charge in [-0.15, -0.1) is 0 Å². The maximum absolute atomic E-state index is 12.7. The maximum Gasteiger partial charge on any atom is 0.272 e. The van der Waals surface area contributed by atoms with Crippen LogP contribution in [-0.4, -0.2) is 15.3 Å². The van der Waals surface area contributed by atoms with Gasteiger partial charge in [-0.2, -0.15) is 0 Å². The van der Waals surface area contributed by atoms with Gasteiger partial charge in [0.15, 0.2) is 0 Å². The Kier molecular flexibility index (Phi) is 4.58. The summed E-state index contributed by atoms with van der Waals surface area (Å²) < 4.78 is 1.45. The molecule has 0 amide bonds. The summed E-state index contributed by atoms with van der Waals surface area (Å²) in [5, 5.41) is 0.300. The van der Waals surface area contributed by atoms with Crippen molar-refractivity contribution in [2.24, 2.45) is 0 Å². The van der Waals surface area contributed by atoms with Gasteiger partial charge in [0.2, 0.25) is 5.78 Å². The Hall–Kier alpha value is -1.85. The van der Waals surface area contributed by atoms with Crippen LogP contribution in [0.2, 0.25) is 10.0 Å². The molecule has 1 aromatic carbocycles. The first kappa shape index (κ1) is 16.5. The number of anilines is 1. The molecule has 0 saturated heterocycles. The number of hydrogen-bond acceptors (Lipinski definition) is 4. The number of carbonyl (C=O) groups excluding carboxylic acids is 1. The lowest BCUT2D eigenvalue weighted by Gasteiger charge is -2.13. The Labute approximate surface area is 137 Å². The molecule has 0 radical (unpaired) electrons. The van der Waals surface area contributed by atoms with E-state index in [2.05, 4.69) is 4.98 Å². The van der Waals surface area contributed by atoms with Crippen molar-refractivity contribution in [1.82, 2.24) is 9.55 Å². The third kappa shape index (κ3) is 3.00. The molecule has 0 aliphatic rings. The molecule has 116 valence electrons. The van der Waals surface area contributed by atoms with E-state index in [4.69, 9.17) is 28.9 Å². The summed E-state index contributed by atoms with van der Waals surface area (Å²) in [7, 11) is 0. The van der Waals surface area contributed by atoms with Crippen LogP contribution in [-0.2, 0) is 0 Å². The second-order valence-corrected chi connectivity index (χ2v) is 6.02. The Morgan fingerprint density at radius 1 is 1.27 bits per heavy atom. The number of nitrogens with zero attached hydrogens (tertiary/aromatic N) is 2. The molecule has 7 heteroatoms. The standard InChI is InChI=1S/C15H15Cl2N3O2/c1-7(2)20-6-12(19-8(3)15(20)22)14(21)13-10(16)4-9(18)5-11(13)17/h4-7H,18H2,1-3H3.